The first-order valence-electron chi connectivity index (χ1n) is 8.89. The molecule has 4 heteroatoms. The zero-order valence-electron chi connectivity index (χ0n) is 14.5. The molecule has 3 nitrogen and oxygen atoms in total. The van der Waals surface area contributed by atoms with E-state index >= 15 is 0 Å². The molecule has 124 valence electrons. The van der Waals surface area contributed by atoms with E-state index < -0.39 is 0 Å². The Labute approximate surface area is 133 Å². The van der Waals surface area contributed by atoms with Gasteiger partial charge in [0.1, 0.15) is 0 Å². The van der Waals surface area contributed by atoms with E-state index in [4.69, 9.17) is 9.47 Å². The summed E-state index contributed by atoms with van der Waals surface area (Å²) in [7, 11) is -0.0420. The molecule has 2 heterocycles. The molecule has 21 heavy (non-hydrogen) atoms. The van der Waals surface area contributed by atoms with Crippen molar-refractivity contribution < 1.29 is 9.47 Å². The Morgan fingerprint density at radius 1 is 1.14 bits per heavy atom. The molecule has 2 saturated heterocycles. The summed E-state index contributed by atoms with van der Waals surface area (Å²) in [5.74, 6) is 0. The standard InChI is InChI=1S/C17H35NO2Si/c1-16(2)12-14(13-17(3,4)18-16)19-10-7-11-21-15-8-5-6-9-20-15/h14-15,18H,5-13,21H2,1-4H3. The summed E-state index contributed by atoms with van der Waals surface area (Å²) < 4.78 is 12.0. The molecule has 0 radical (unpaired) electrons. The third kappa shape index (κ3) is 6.39. The molecule has 0 saturated carbocycles. The maximum Gasteiger partial charge on any atom is 0.0609 e. The van der Waals surface area contributed by atoms with E-state index in [9.17, 15) is 0 Å². The quantitative estimate of drug-likeness (QED) is 0.604. The second-order valence-corrected chi connectivity index (χ2v) is 10.5. The molecule has 0 aromatic rings. The summed E-state index contributed by atoms with van der Waals surface area (Å²) in [6.45, 7) is 11.1. The maximum atomic E-state index is 6.18. The summed E-state index contributed by atoms with van der Waals surface area (Å²) in [5.41, 5.74) is 1.05. The van der Waals surface area contributed by atoms with Crippen molar-refractivity contribution in [2.24, 2.45) is 0 Å². The normalized spacial score (nSPS) is 30.0. The van der Waals surface area contributed by atoms with Gasteiger partial charge in [0, 0.05) is 30.0 Å². The molecule has 0 spiro atoms. The van der Waals surface area contributed by atoms with Crippen molar-refractivity contribution in [3.63, 3.8) is 0 Å². The molecule has 1 atom stereocenters. The van der Waals surface area contributed by atoms with Crippen LogP contribution in [0.4, 0.5) is 0 Å². The fourth-order valence-electron chi connectivity index (χ4n) is 4.11. The maximum absolute atomic E-state index is 6.18. The molecular formula is C17H35NO2Si. The molecular weight excluding hydrogens is 278 g/mol. The van der Waals surface area contributed by atoms with Crippen LogP contribution in [-0.4, -0.2) is 45.6 Å². The Hall–Kier alpha value is 0.0969. The van der Waals surface area contributed by atoms with E-state index in [0.717, 1.165) is 26.1 Å². The zero-order valence-corrected chi connectivity index (χ0v) is 16.0. The molecule has 0 aliphatic carbocycles. The van der Waals surface area contributed by atoms with Crippen LogP contribution in [0.3, 0.4) is 0 Å². The van der Waals surface area contributed by atoms with E-state index in [1.54, 1.807) is 0 Å². The van der Waals surface area contributed by atoms with Crippen molar-refractivity contribution >= 4 is 9.52 Å². The lowest BCUT2D eigenvalue weighted by molar-refractivity contribution is -0.0214. The van der Waals surface area contributed by atoms with Crippen LogP contribution in [0.5, 0.6) is 0 Å². The van der Waals surface area contributed by atoms with Gasteiger partial charge in [-0.05, 0) is 66.2 Å². The number of rotatable bonds is 6. The van der Waals surface area contributed by atoms with Gasteiger partial charge in [0.25, 0.3) is 0 Å². The summed E-state index contributed by atoms with van der Waals surface area (Å²) in [6.07, 6.45) is 7.88. The summed E-state index contributed by atoms with van der Waals surface area (Å²) >= 11 is 0. The van der Waals surface area contributed by atoms with Crippen LogP contribution in [0.25, 0.3) is 0 Å². The second-order valence-electron chi connectivity index (χ2n) is 8.28. The number of hydrogen-bond donors (Lipinski definition) is 1. The molecule has 2 rings (SSSR count). The van der Waals surface area contributed by atoms with E-state index in [0.29, 0.717) is 11.8 Å². The van der Waals surface area contributed by atoms with E-state index in [1.165, 1.54) is 31.7 Å². The Morgan fingerprint density at radius 3 is 2.48 bits per heavy atom. The van der Waals surface area contributed by atoms with Gasteiger partial charge in [0.2, 0.25) is 0 Å². The Kier molecular flexibility index (Phi) is 6.30. The number of nitrogens with one attached hydrogen (secondary N) is 1. The van der Waals surface area contributed by atoms with Gasteiger partial charge in [-0.3, -0.25) is 0 Å². The van der Waals surface area contributed by atoms with Gasteiger partial charge in [-0.25, -0.2) is 0 Å². The SMILES string of the molecule is CC1(C)CC(OCCC[SiH2]C2CCCCO2)CC(C)(C)N1. The van der Waals surface area contributed by atoms with Crippen LogP contribution in [0.15, 0.2) is 0 Å². The lowest BCUT2D eigenvalue weighted by atomic mass is 9.81. The van der Waals surface area contributed by atoms with Gasteiger partial charge in [0.05, 0.1) is 15.6 Å². The van der Waals surface area contributed by atoms with Gasteiger partial charge >= 0.3 is 0 Å². The Bertz CT molecular complexity index is 298. The number of piperidine rings is 1. The molecule has 0 bridgehead atoms. The molecule has 0 aromatic heterocycles. The summed E-state index contributed by atoms with van der Waals surface area (Å²) in [5, 5.41) is 3.72. The van der Waals surface area contributed by atoms with Crippen LogP contribution in [0.1, 0.15) is 66.2 Å². The minimum Gasteiger partial charge on any atom is -0.382 e. The average Bonchev–Trinajstić information content (AvgIpc) is 2.36. The molecule has 2 aliphatic rings. The highest BCUT2D eigenvalue weighted by Crippen LogP contribution is 2.30. The Morgan fingerprint density at radius 2 is 1.86 bits per heavy atom. The van der Waals surface area contributed by atoms with E-state index in [2.05, 4.69) is 33.0 Å². The highest BCUT2D eigenvalue weighted by molar-refractivity contribution is 6.37. The largest absolute Gasteiger partial charge is 0.382 e. The van der Waals surface area contributed by atoms with Crippen molar-refractivity contribution in [1.29, 1.82) is 0 Å². The van der Waals surface area contributed by atoms with Crippen LogP contribution >= 0.6 is 0 Å². The molecule has 0 aromatic carbocycles. The molecule has 1 unspecified atom stereocenters. The van der Waals surface area contributed by atoms with Crippen molar-refractivity contribution in [3.8, 4) is 0 Å². The fraction of sp³-hybridized carbons (Fsp3) is 1.00. The third-order valence-corrected chi connectivity index (χ3v) is 6.90. The van der Waals surface area contributed by atoms with E-state index in [-0.39, 0.29) is 20.6 Å². The summed E-state index contributed by atoms with van der Waals surface area (Å²) in [4.78, 5) is 0. The first-order chi connectivity index (χ1) is 9.86. The van der Waals surface area contributed by atoms with Crippen molar-refractivity contribution in [2.75, 3.05) is 13.2 Å². The van der Waals surface area contributed by atoms with Gasteiger partial charge in [-0.1, -0.05) is 6.04 Å². The van der Waals surface area contributed by atoms with Crippen LogP contribution in [0, 0.1) is 0 Å². The molecule has 1 N–H and O–H groups in total. The minimum absolute atomic E-state index is 0.0420. The van der Waals surface area contributed by atoms with Gasteiger partial charge in [-0.2, -0.15) is 0 Å². The predicted molar refractivity (Wildman–Crippen MR) is 91.8 cm³/mol. The Balaban J connectivity index is 1.59. The average molecular weight is 314 g/mol. The van der Waals surface area contributed by atoms with Crippen LogP contribution in [0.2, 0.25) is 6.04 Å². The van der Waals surface area contributed by atoms with Crippen LogP contribution in [-0.2, 0) is 9.47 Å². The second kappa shape index (κ2) is 7.58. The molecule has 2 aliphatic heterocycles. The van der Waals surface area contributed by atoms with Crippen LogP contribution < -0.4 is 5.32 Å². The first-order valence-corrected chi connectivity index (χ1v) is 10.7. The van der Waals surface area contributed by atoms with E-state index in [1.807, 2.05) is 0 Å². The highest BCUT2D eigenvalue weighted by atomic mass is 28.2. The van der Waals surface area contributed by atoms with Crippen molar-refractivity contribution in [1.82, 2.24) is 5.32 Å². The number of hydrogen-bond acceptors (Lipinski definition) is 3. The molecule has 0 amide bonds. The third-order valence-electron chi connectivity index (χ3n) is 4.70. The van der Waals surface area contributed by atoms with Gasteiger partial charge < -0.3 is 14.8 Å². The monoisotopic (exact) mass is 313 g/mol. The summed E-state index contributed by atoms with van der Waals surface area (Å²) in [6, 6.07) is 1.38. The lowest BCUT2D eigenvalue weighted by Crippen LogP contribution is -2.59. The smallest absolute Gasteiger partial charge is 0.0609 e. The van der Waals surface area contributed by atoms with Crippen molar-refractivity contribution in [3.05, 3.63) is 0 Å². The highest BCUT2D eigenvalue weighted by Gasteiger charge is 2.37. The van der Waals surface area contributed by atoms with Gasteiger partial charge in [-0.15, -0.1) is 0 Å². The van der Waals surface area contributed by atoms with Gasteiger partial charge in [0.15, 0.2) is 0 Å². The molecule has 2 fully saturated rings. The number of ether oxygens (including phenoxy) is 2. The lowest BCUT2D eigenvalue weighted by Gasteiger charge is -2.46. The fourth-order valence-corrected chi connectivity index (χ4v) is 5.96. The minimum atomic E-state index is -0.0420. The van der Waals surface area contributed by atoms with Crippen molar-refractivity contribution in [2.45, 2.75) is 95.2 Å². The first kappa shape index (κ1) is 17.5. The topological polar surface area (TPSA) is 30.5 Å². The predicted octanol–water partition coefficient (Wildman–Crippen LogP) is 2.82. The zero-order chi connectivity index (χ0) is 15.3.